The number of halogens is 1. The molecule has 0 spiro atoms. The summed E-state index contributed by atoms with van der Waals surface area (Å²) in [5.74, 6) is -0.0799. The number of rotatable bonds is 11. The van der Waals surface area contributed by atoms with E-state index in [0.717, 1.165) is 22.9 Å². The molecule has 1 heterocycles. The fourth-order valence-electron chi connectivity index (χ4n) is 4.27. The maximum absolute atomic E-state index is 13.0. The Labute approximate surface area is 224 Å². The Kier molecular flexibility index (Phi) is 7.75. The van der Waals surface area contributed by atoms with E-state index >= 15 is 0 Å². The minimum absolute atomic E-state index is 0.196. The van der Waals surface area contributed by atoms with Crippen LogP contribution in [0.5, 0.6) is 0 Å². The van der Waals surface area contributed by atoms with Gasteiger partial charge in [-0.25, -0.2) is 13.1 Å². The van der Waals surface area contributed by atoms with Crippen LogP contribution in [0.2, 0.25) is 0 Å². The molecule has 0 bridgehead atoms. The molecule has 1 atom stereocenters. The summed E-state index contributed by atoms with van der Waals surface area (Å²) in [4.78, 5) is 24.0. The summed E-state index contributed by atoms with van der Waals surface area (Å²) in [5, 5.41) is 11.0. The van der Waals surface area contributed by atoms with Gasteiger partial charge in [0, 0.05) is 23.5 Å². The number of fused-ring (bicyclic) bond motifs is 1. The van der Waals surface area contributed by atoms with Gasteiger partial charge >= 0.3 is 0 Å². The van der Waals surface area contributed by atoms with Crippen LogP contribution in [0, 0.1) is 0 Å². The maximum atomic E-state index is 13.0. The molecule has 0 aliphatic heterocycles. The summed E-state index contributed by atoms with van der Waals surface area (Å²) in [6.07, 6.45) is 4.12. The summed E-state index contributed by atoms with van der Waals surface area (Å²) >= 11 is 3.43. The van der Waals surface area contributed by atoms with E-state index in [1.807, 2.05) is 30.3 Å². The molecule has 3 aromatic rings. The van der Waals surface area contributed by atoms with Crippen LogP contribution < -0.4 is 20.7 Å². The largest absolute Gasteiger partial charge is 0.354 e. The number of nitrogens with two attached hydrogens (primary N) is 1. The number of nitrogens with one attached hydrogen (secondary N) is 2. The Morgan fingerprint density at radius 3 is 2.54 bits per heavy atom. The third kappa shape index (κ3) is 6.03. The van der Waals surface area contributed by atoms with Crippen molar-refractivity contribution in [3.8, 4) is 5.69 Å². The number of amides is 1. The highest BCUT2D eigenvalue weighted by atomic mass is 79.9. The number of anilines is 1. The predicted molar refractivity (Wildman–Crippen MR) is 148 cm³/mol. The number of aromatic nitrogens is 2. The number of carbonyl (C=O) groups is 2. The summed E-state index contributed by atoms with van der Waals surface area (Å²) in [5.41, 5.74) is 7.69. The number of aldehydes is 1. The standard InChI is InChI=1S/C25H31BrN6O4S/c1-25(27,15-33)29-11-4-12-31(37(3,35)36)22-14-21-20(13-19(22)16-5-6-16)23(24(34)28-2)32(30-21)18-9-7-17(26)8-10-18/h7-10,13-16,29H,4-6,11-12,27H2,1-3H3,(H,28,34)/t25-/m0/s1. The Morgan fingerprint density at radius 1 is 1.30 bits per heavy atom. The van der Waals surface area contributed by atoms with Gasteiger partial charge in [0.1, 0.15) is 11.4 Å². The molecule has 12 heteroatoms. The van der Waals surface area contributed by atoms with E-state index in [-0.39, 0.29) is 18.4 Å². The molecule has 1 aliphatic rings. The second kappa shape index (κ2) is 10.5. The Morgan fingerprint density at radius 2 is 1.97 bits per heavy atom. The average Bonchev–Trinajstić information content (AvgIpc) is 3.63. The highest BCUT2D eigenvalue weighted by Crippen LogP contribution is 2.46. The number of hydrogen-bond acceptors (Lipinski definition) is 7. The normalized spacial score (nSPS) is 15.4. The minimum atomic E-state index is -3.63. The van der Waals surface area contributed by atoms with E-state index in [0.29, 0.717) is 47.2 Å². The fourth-order valence-corrected chi connectivity index (χ4v) is 5.51. The molecule has 4 N–H and O–H groups in total. The molecular formula is C25H31BrN6O4S. The summed E-state index contributed by atoms with van der Waals surface area (Å²) in [7, 11) is -2.06. The number of sulfonamides is 1. The van der Waals surface area contributed by atoms with Crippen molar-refractivity contribution < 1.29 is 18.0 Å². The first-order valence-electron chi connectivity index (χ1n) is 12.0. The summed E-state index contributed by atoms with van der Waals surface area (Å²) in [6, 6.07) is 11.1. The molecule has 1 fully saturated rings. The molecule has 1 aromatic heterocycles. The van der Waals surface area contributed by atoms with Crippen LogP contribution in [-0.2, 0) is 14.8 Å². The average molecular weight is 592 g/mol. The molecule has 10 nitrogen and oxygen atoms in total. The second-order valence-corrected chi connectivity index (χ2v) is 12.4. The fraction of sp³-hybridized carbons (Fsp3) is 0.400. The number of nitrogens with zero attached hydrogens (tertiary/aromatic N) is 3. The quantitative estimate of drug-likeness (QED) is 0.177. The molecule has 1 saturated carbocycles. The summed E-state index contributed by atoms with van der Waals surface area (Å²) < 4.78 is 29.7. The van der Waals surface area contributed by atoms with Crippen LogP contribution in [0.25, 0.3) is 16.6 Å². The molecule has 1 aliphatic carbocycles. The van der Waals surface area contributed by atoms with E-state index in [2.05, 4.69) is 26.6 Å². The number of benzene rings is 2. The highest BCUT2D eigenvalue weighted by Gasteiger charge is 2.32. The number of carbonyl (C=O) groups excluding carboxylic acids is 2. The second-order valence-electron chi connectivity index (χ2n) is 9.53. The van der Waals surface area contributed by atoms with Gasteiger partial charge in [-0.1, -0.05) is 15.9 Å². The zero-order valence-corrected chi connectivity index (χ0v) is 23.4. The van der Waals surface area contributed by atoms with Crippen molar-refractivity contribution in [3.63, 3.8) is 0 Å². The Hall–Kier alpha value is -2.80. The van der Waals surface area contributed by atoms with Crippen LogP contribution in [0.1, 0.15) is 48.2 Å². The zero-order chi connectivity index (χ0) is 27.0. The van der Waals surface area contributed by atoms with Crippen molar-refractivity contribution in [1.29, 1.82) is 0 Å². The van der Waals surface area contributed by atoms with Crippen molar-refractivity contribution in [2.75, 3.05) is 30.7 Å². The van der Waals surface area contributed by atoms with Crippen molar-refractivity contribution >= 4 is 54.7 Å². The molecule has 37 heavy (non-hydrogen) atoms. The lowest BCUT2D eigenvalue weighted by Crippen LogP contribution is -2.52. The van der Waals surface area contributed by atoms with E-state index in [4.69, 9.17) is 10.8 Å². The van der Waals surface area contributed by atoms with Gasteiger partial charge in [0.2, 0.25) is 10.0 Å². The lowest BCUT2D eigenvalue weighted by molar-refractivity contribution is -0.112. The van der Waals surface area contributed by atoms with Crippen LogP contribution in [0.15, 0.2) is 40.9 Å². The predicted octanol–water partition coefficient (Wildman–Crippen LogP) is 2.64. The Bertz CT molecular complexity index is 1430. The van der Waals surface area contributed by atoms with E-state index < -0.39 is 15.7 Å². The molecule has 2 aromatic carbocycles. The lowest BCUT2D eigenvalue weighted by atomic mass is 10.0. The molecule has 0 saturated heterocycles. The van der Waals surface area contributed by atoms with Gasteiger partial charge in [0.05, 0.1) is 23.1 Å². The van der Waals surface area contributed by atoms with Gasteiger partial charge in [0.15, 0.2) is 6.29 Å². The first-order chi connectivity index (χ1) is 17.4. The molecule has 0 unspecified atom stereocenters. The Balaban J connectivity index is 1.81. The van der Waals surface area contributed by atoms with Gasteiger partial charge in [0.25, 0.3) is 5.91 Å². The lowest BCUT2D eigenvalue weighted by Gasteiger charge is -2.26. The SMILES string of the molecule is CNC(=O)c1c2cc(C3CC3)c(N(CCCN[C@](C)(N)C=O)S(C)(=O)=O)cc2nn1-c1ccc(Br)cc1. The van der Waals surface area contributed by atoms with Crippen LogP contribution in [0.4, 0.5) is 5.69 Å². The van der Waals surface area contributed by atoms with Crippen LogP contribution in [0.3, 0.4) is 0 Å². The monoisotopic (exact) mass is 590 g/mol. The van der Waals surface area contributed by atoms with Gasteiger partial charge in [-0.2, -0.15) is 5.10 Å². The van der Waals surface area contributed by atoms with Crippen molar-refractivity contribution in [2.24, 2.45) is 5.73 Å². The third-order valence-corrected chi connectivity index (χ3v) is 8.02. The molecule has 0 radical (unpaired) electrons. The molecule has 4 rings (SSSR count). The number of hydrogen-bond donors (Lipinski definition) is 3. The highest BCUT2D eigenvalue weighted by molar-refractivity contribution is 9.10. The van der Waals surface area contributed by atoms with E-state index in [9.17, 15) is 18.0 Å². The van der Waals surface area contributed by atoms with Gasteiger partial charge in [-0.3, -0.25) is 19.2 Å². The smallest absolute Gasteiger partial charge is 0.270 e. The van der Waals surface area contributed by atoms with E-state index in [1.54, 1.807) is 24.7 Å². The van der Waals surface area contributed by atoms with Crippen molar-refractivity contribution in [2.45, 2.75) is 37.8 Å². The molecule has 198 valence electrons. The van der Waals surface area contributed by atoms with Crippen molar-refractivity contribution in [3.05, 3.63) is 52.1 Å². The van der Waals surface area contributed by atoms with Crippen LogP contribution in [-0.4, -0.2) is 62.4 Å². The minimum Gasteiger partial charge on any atom is -0.354 e. The maximum Gasteiger partial charge on any atom is 0.270 e. The van der Waals surface area contributed by atoms with Gasteiger partial charge in [-0.05, 0) is 80.6 Å². The summed E-state index contributed by atoms with van der Waals surface area (Å²) in [6.45, 7) is 2.11. The molecule has 1 amide bonds. The third-order valence-electron chi connectivity index (χ3n) is 6.31. The van der Waals surface area contributed by atoms with Crippen LogP contribution >= 0.6 is 15.9 Å². The first kappa shape index (κ1) is 27.2. The zero-order valence-electron chi connectivity index (χ0n) is 21.0. The van der Waals surface area contributed by atoms with E-state index in [1.165, 1.54) is 10.6 Å². The van der Waals surface area contributed by atoms with Gasteiger partial charge < -0.3 is 11.1 Å². The molecular weight excluding hydrogens is 560 g/mol. The topological polar surface area (TPSA) is 139 Å². The van der Waals surface area contributed by atoms with Gasteiger partial charge in [-0.15, -0.1) is 0 Å². The van der Waals surface area contributed by atoms with Crippen molar-refractivity contribution in [1.82, 2.24) is 20.4 Å². The first-order valence-corrected chi connectivity index (χ1v) is 14.6.